The van der Waals surface area contributed by atoms with Crippen molar-refractivity contribution in [3.05, 3.63) is 126 Å². The molecule has 0 saturated carbocycles. The van der Waals surface area contributed by atoms with Crippen molar-refractivity contribution in [2.75, 3.05) is 0 Å². The molecule has 7 rings (SSSR count). The summed E-state index contributed by atoms with van der Waals surface area (Å²) >= 11 is 0. The van der Waals surface area contributed by atoms with E-state index in [0.717, 1.165) is 5.56 Å². The van der Waals surface area contributed by atoms with Crippen LogP contribution in [0.3, 0.4) is 0 Å². The fraction of sp³-hybridized carbons (Fsp3) is 0.114. The Morgan fingerprint density at radius 3 is 2.06 bits per heavy atom. The topological polar surface area (TPSA) is 12.9 Å². The smallest absolute Gasteiger partial charge is 0.0346 e. The molecule has 0 spiro atoms. The van der Waals surface area contributed by atoms with Gasteiger partial charge in [-0.05, 0) is 73.5 Å². The zero-order valence-corrected chi connectivity index (χ0v) is 20.8. The quantitative estimate of drug-likeness (QED) is 0.234. The minimum Gasteiger partial charge on any atom is -0.264 e. The Morgan fingerprint density at radius 1 is 0.556 bits per heavy atom. The van der Waals surface area contributed by atoms with Crippen LogP contribution in [-0.4, -0.2) is 4.98 Å². The van der Waals surface area contributed by atoms with Crippen LogP contribution >= 0.6 is 0 Å². The lowest BCUT2D eigenvalue weighted by molar-refractivity contribution is 0.660. The molecule has 1 aromatic heterocycles. The Hall–Kier alpha value is -4.23. The van der Waals surface area contributed by atoms with Crippen molar-refractivity contribution in [2.24, 2.45) is 0 Å². The number of hydrogen-bond acceptors (Lipinski definition) is 1. The monoisotopic (exact) mass is 461 g/mol. The molecule has 0 unspecified atom stereocenters. The zero-order chi connectivity index (χ0) is 24.4. The van der Waals surface area contributed by atoms with Crippen molar-refractivity contribution in [1.82, 2.24) is 4.98 Å². The van der Waals surface area contributed by atoms with Crippen LogP contribution in [-0.2, 0) is 5.41 Å². The SMILES string of the molecule is Cc1ccc2c(-c3cccnc3)c3ccccc3c(-c3cccc4c3-c3ccccc3C4(C)C)c2c1. The fourth-order valence-corrected chi connectivity index (χ4v) is 6.37. The molecule has 0 atom stereocenters. The first-order chi connectivity index (χ1) is 17.6. The van der Waals surface area contributed by atoms with Gasteiger partial charge < -0.3 is 0 Å². The van der Waals surface area contributed by atoms with Crippen LogP contribution in [0.15, 0.2) is 109 Å². The van der Waals surface area contributed by atoms with E-state index in [9.17, 15) is 0 Å². The third-order valence-corrected chi connectivity index (χ3v) is 8.01. The van der Waals surface area contributed by atoms with E-state index >= 15 is 0 Å². The van der Waals surface area contributed by atoms with Crippen LogP contribution in [0.5, 0.6) is 0 Å². The fourth-order valence-electron chi connectivity index (χ4n) is 6.37. The maximum atomic E-state index is 4.46. The van der Waals surface area contributed by atoms with Crippen LogP contribution in [0.2, 0.25) is 0 Å². The molecule has 1 aliphatic carbocycles. The van der Waals surface area contributed by atoms with Gasteiger partial charge in [-0.2, -0.15) is 0 Å². The van der Waals surface area contributed by atoms with E-state index in [0.29, 0.717) is 0 Å². The number of pyridine rings is 1. The molecular weight excluding hydrogens is 434 g/mol. The standard InChI is InChI=1S/C35H27N/c1-22-17-18-26-29(20-22)33(25-12-5-4-11-24(25)32(26)23-10-9-19-36-21-23)28-14-8-16-31-34(28)27-13-6-7-15-30(27)35(31,2)3/h4-21H,1-3H3. The van der Waals surface area contributed by atoms with Crippen LogP contribution in [0.4, 0.5) is 0 Å². The van der Waals surface area contributed by atoms with Gasteiger partial charge in [0.1, 0.15) is 0 Å². The van der Waals surface area contributed by atoms with E-state index in [2.05, 4.69) is 117 Å². The first kappa shape index (κ1) is 21.1. The number of fused-ring (bicyclic) bond motifs is 5. The second-order valence-electron chi connectivity index (χ2n) is 10.5. The summed E-state index contributed by atoms with van der Waals surface area (Å²) in [7, 11) is 0. The van der Waals surface area contributed by atoms with Crippen LogP contribution in [0.1, 0.15) is 30.5 Å². The molecule has 1 nitrogen and oxygen atoms in total. The van der Waals surface area contributed by atoms with Gasteiger partial charge in [0.15, 0.2) is 0 Å². The highest BCUT2D eigenvalue weighted by Gasteiger charge is 2.37. The Kier molecular flexibility index (Phi) is 4.47. The summed E-state index contributed by atoms with van der Waals surface area (Å²) in [5, 5.41) is 5.11. The van der Waals surface area contributed by atoms with Gasteiger partial charge in [-0.3, -0.25) is 4.98 Å². The molecule has 1 aliphatic rings. The number of aryl methyl sites for hydroxylation is 1. The van der Waals surface area contributed by atoms with E-state index in [4.69, 9.17) is 0 Å². The van der Waals surface area contributed by atoms with Gasteiger partial charge in [0, 0.05) is 23.4 Å². The predicted molar refractivity (Wildman–Crippen MR) is 152 cm³/mol. The molecule has 0 radical (unpaired) electrons. The Bertz CT molecular complexity index is 1810. The summed E-state index contributed by atoms with van der Waals surface area (Å²) in [6.07, 6.45) is 3.83. The van der Waals surface area contributed by atoms with Gasteiger partial charge in [-0.25, -0.2) is 0 Å². The summed E-state index contributed by atoms with van der Waals surface area (Å²) in [5.74, 6) is 0. The van der Waals surface area contributed by atoms with Crippen LogP contribution in [0, 0.1) is 6.92 Å². The Labute approximate surface area is 212 Å². The van der Waals surface area contributed by atoms with Crippen molar-refractivity contribution in [2.45, 2.75) is 26.2 Å². The van der Waals surface area contributed by atoms with E-state index in [1.54, 1.807) is 0 Å². The van der Waals surface area contributed by atoms with Crippen molar-refractivity contribution >= 4 is 21.5 Å². The molecule has 0 N–H and O–H groups in total. The van der Waals surface area contributed by atoms with Crippen molar-refractivity contribution in [3.8, 4) is 33.4 Å². The van der Waals surface area contributed by atoms with Crippen molar-refractivity contribution < 1.29 is 0 Å². The van der Waals surface area contributed by atoms with Crippen molar-refractivity contribution in [3.63, 3.8) is 0 Å². The van der Waals surface area contributed by atoms with Gasteiger partial charge in [-0.1, -0.05) is 110 Å². The lowest BCUT2D eigenvalue weighted by Gasteiger charge is -2.22. The maximum Gasteiger partial charge on any atom is 0.0346 e. The van der Waals surface area contributed by atoms with E-state index in [1.165, 1.54) is 66.1 Å². The molecule has 0 amide bonds. The number of nitrogens with zero attached hydrogens (tertiary/aromatic N) is 1. The predicted octanol–water partition coefficient (Wildman–Crippen LogP) is 9.34. The summed E-state index contributed by atoms with van der Waals surface area (Å²) in [6, 6.07) is 35.8. The third-order valence-electron chi connectivity index (χ3n) is 8.01. The first-order valence-corrected chi connectivity index (χ1v) is 12.6. The summed E-state index contributed by atoms with van der Waals surface area (Å²) < 4.78 is 0. The molecule has 6 aromatic rings. The lowest BCUT2D eigenvalue weighted by atomic mass is 9.80. The summed E-state index contributed by atoms with van der Waals surface area (Å²) in [4.78, 5) is 4.46. The highest BCUT2D eigenvalue weighted by atomic mass is 14.6. The molecule has 0 saturated heterocycles. The number of rotatable bonds is 2. The molecule has 0 bridgehead atoms. The molecule has 172 valence electrons. The minimum atomic E-state index is -0.0287. The molecule has 36 heavy (non-hydrogen) atoms. The summed E-state index contributed by atoms with van der Waals surface area (Å²) in [6.45, 7) is 6.90. The number of aromatic nitrogens is 1. The maximum absolute atomic E-state index is 4.46. The second kappa shape index (κ2) is 7.63. The van der Waals surface area contributed by atoms with Gasteiger partial charge in [0.2, 0.25) is 0 Å². The number of hydrogen-bond donors (Lipinski definition) is 0. The van der Waals surface area contributed by atoms with E-state index in [-0.39, 0.29) is 5.41 Å². The van der Waals surface area contributed by atoms with Gasteiger partial charge >= 0.3 is 0 Å². The van der Waals surface area contributed by atoms with Crippen molar-refractivity contribution in [1.29, 1.82) is 0 Å². The zero-order valence-electron chi connectivity index (χ0n) is 20.8. The van der Waals surface area contributed by atoms with Gasteiger partial charge in [0.05, 0.1) is 0 Å². The third kappa shape index (κ3) is 2.86. The molecular formula is C35H27N. The van der Waals surface area contributed by atoms with E-state index in [1.807, 2.05) is 18.5 Å². The molecule has 5 aromatic carbocycles. The van der Waals surface area contributed by atoms with Gasteiger partial charge in [0.25, 0.3) is 0 Å². The average Bonchev–Trinajstić information content (AvgIpc) is 3.15. The minimum absolute atomic E-state index is 0.0287. The van der Waals surface area contributed by atoms with E-state index < -0.39 is 0 Å². The normalized spacial score (nSPS) is 13.6. The summed E-state index contributed by atoms with van der Waals surface area (Å²) in [5.41, 5.74) is 11.8. The Balaban J connectivity index is 1.69. The second-order valence-corrected chi connectivity index (χ2v) is 10.5. The molecule has 0 fully saturated rings. The van der Waals surface area contributed by atoms with Gasteiger partial charge in [-0.15, -0.1) is 0 Å². The number of benzene rings is 5. The molecule has 0 aliphatic heterocycles. The van der Waals surface area contributed by atoms with Crippen LogP contribution in [0.25, 0.3) is 54.9 Å². The highest BCUT2D eigenvalue weighted by Crippen LogP contribution is 2.54. The molecule has 1 heteroatoms. The molecule has 1 heterocycles. The lowest BCUT2D eigenvalue weighted by Crippen LogP contribution is -2.14. The largest absolute Gasteiger partial charge is 0.264 e. The first-order valence-electron chi connectivity index (χ1n) is 12.6. The average molecular weight is 462 g/mol. The Morgan fingerprint density at radius 2 is 1.25 bits per heavy atom. The highest BCUT2D eigenvalue weighted by molar-refractivity contribution is 6.22. The van der Waals surface area contributed by atoms with Crippen LogP contribution < -0.4 is 0 Å².